The molecule has 0 aliphatic carbocycles. The van der Waals surface area contributed by atoms with E-state index in [2.05, 4.69) is 10.8 Å². The molecule has 1 aliphatic rings. The van der Waals surface area contributed by atoms with Crippen molar-refractivity contribution >= 4 is 27.0 Å². The summed E-state index contributed by atoms with van der Waals surface area (Å²) in [6, 6.07) is 11.3. The quantitative estimate of drug-likeness (QED) is 0.613. The number of aryl methyl sites for hydroxylation is 1. The molecule has 170 valence electrons. The van der Waals surface area contributed by atoms with Crippen LogP contribution >= 0.6 is 0 Å². The zero-order chi connectivity index (χ0) is 23.0. The molecular weight excluding hydrogens is 430 g/mol. The van der Waals surface area contributed by atoms with Gasteiger partial charge in [0, 0.05) is 26.2 Å². The van der Waals surface area contributed by atoms with Gasteiger partial charge in [-0.2, -0.15) is 4.72 Å². The lowest BCUT2D eigenvalue weighted by molar-refractivity contribution is -0.134. The highest BCUT2D eigenvalue weighted by atomic mass is 32.2. The maximum atomic E-state index is 13.3. The average molecular weight is 458 g/mol. The van der Waals surface area contributed by atoms with Crippen LogP contribution in [0.3, 0.4) is 0 Å². The molecular formula is C23H27N3O5S. The van der Waals surface area contributed by atoms with E-state index in [1.165, 1.54) is 28.3 Å². The number of fused-ring (bicyclic) bond motifs is 2. The Balaban J connectivity index is 1.59. The maximum Gasteiger partial charge on any atom is 0.419 e. The van der Waals surface area contributed by atoms with E-state index in [0.717, 1.165) is 12.0 Å². The van der Waals surface area contributed by atoms with E-state index >= 15 is 0 Å². The zero-order valence-corrected chi connectivity index (χ0v) is 19.2. The molecule has 0 bridgehead atoms. The van der Waals surface area contributed by atoms with Crippen molar-refractivity contribution in [1.82, 2.24) is 14.2 Å². The third-order valence-corrected chi connectivity index (χ3v) is 7.29. The largest absolute Gasteiger partial charge is 0.419 e. The lowest BCUT2D eigenvalue weighted by Crippen LogP contribution is -2.50. The summed E-state index contributed by atoms with van der Waals surface area (Å²) < 4.78 is 35.3. The standard InChI is InChI=1S/C23H27N3O5S/c1-15(2)12-19(22(27)26-11-10-16-6-4-5-7-17(16)14-26)24-32(29,30)18-8-9-20-21(13-18)31-23(28)25(20)3/h4-9,13,15,19,24H,10-12,14H2,1-3H3/t19-/m1/s1. The van der Waals surface area contributed by atoms with Crippen LogP contribution in [0.25, 0.3) is 11.1 Å². The summed E-state index contributed by atoms with van der Waals surface area (Å²) in [6.07, 6.45) is 1.12. The number of amides is 1. The van der Waals surface area contributed by atoms with Crippen LogP contribution in [0, 0.1) is 5.92 Å². The molecule has 2 heterocycles. The Kier molecular flexibility index (Phi) is 5.96. The van der Waals surface area contributed by atoms with E-state index in [-0.39, 0.29) is 22.3 Å². The molecule has 1 amide bonds. The zero-order valence-electron chi connectivity index (χ0n) is 18.4. The number of nitrogens with zero attached hydrogens (tertiary/aromatic N) is 2. The van der Waals surface area contributed by atoms with Crippen molar-refractivity contribution in [3.05, 3.63) is 64.1 Å². The van der Waals surface area contributed by atoms with Gasteiger partial charge in [0.15, 0.2) is 5.58 Å². The Morgan fingerprint density at radius 2 is 1.88 bits per heavy atom. The van der Waals surface area contributed by atoms with Gasteiger partial charge in [0.1, 0.15) is 6.04 Å². The fourth-order valence-corrected chi connectivity index (χ4v) is 5.33. The third-order valence-electron chi connectivity index (χ3n) is 5.82. The van der Waals surface area contributed by atoms with Crippen molar-refractivity contribution in [2.24, 2.45) is 13.0 Å². The average Bonchev–Trinajstić information content (AvgIpc) is 3.05. The highest BCUT2D eigenvalue weighted by Crippen LogP contribution is 2.22. The number of carbonyl (C=O) groups excluding carboxylic acids is 1. The number of hydrogen-bond acceptors (Lipinski definition) is 5. The maximum absolute atomic E-state index is 13.3. The minimum absolute atomic E-state index is 0.0510. The molecule has 8 nitrogen and oxygen atoms in total. The third kappa shape index (κ3) is 4.35. The van der Waals surface area contributed by atoms with Gasteiger partial charge in [0.2, 0.25) is 15.9 Å². The number of hydrogen-bond donors (Lipinski definition) is 1. The number of rotatable bonds is 6. The summed E-state index contributed by atoms with van der Waals surface area (Å²) in [4.78, 5) is 26.7. The van der Waals surface area contributed by atoms with Crippen molar-refractivity contribution in [3.8, 4) is 0 Å². The van der Waals surface area contributed by atoms with Crippen molar-refractivity contribution in [2.75, 3.05) is 6.54 Å². The summed E-state index contributed by atoms with van der Waals surface area (Å²) in [7, 11) is -2.46. The Morgan fingerprint density at radius 3 is 2.59 bits per heavy atom. The van der Waals surface area contributed by atoms with E-state index in [9.17, 15) is 18.0 Å². The number of nitrogens with one attached hydrogen (secondary N) is 1. The van der Waals surface area contributed by atoms with E-state index in [4.69, 9.17) is 4.42 Å². The smallest absolute Gasteiger partial charge is 0.408 e. The number of oxazole rings is 1. The van der Waals surface area contributed by atoms with Crippen LogP contribution in [-0.2, 0) is 34.8 Å². The van der Waals surface area contributed by atoms with Gasteiger partial charge < -0.3 is 9.32 Å². The predicted octanol–water partition coefficient (Wildman–Crippen LogP) is 2.41. The summed E-state index contributed by atoms with van der Waals surface area (Å²) in [5, 5.41) is 0. The lowest BCUT2D eigenvalue weighted by atomic mass is 9.98. The second-order valence-corrected chi connectivity index (χ2v) is 10.4. The highest BCUT2D eigenvalue weighted by molar-refractivity contribution is 7.89. The van der Waals surface area contributed by atoms with Crippen LogP contribution in [-0.4, -0.2) is 36.4 Å². The molecule has 0 spiro atoms. The minimum atomic E-state index is -4.01. The summed E-state index contributed by atoms with van der Waals surface area (Å²) in [5.74, 6) is -0.691. The summed E-state index contributed by atoms with van der Waals surface area (Å²) in [6.45, 7) is 4.91. The molecule has 0 saturated carbocycles. The number of sulfonamides is 1. The Labute approximate surface area is 186 Å². The SMILES string of the molecule is CC(C)C[C@@H](NS(=O)(=O)c1ccc2c(c1)oc(=O)n2C)C(=O)N1CCc2ccccc2C1. The van der Waals surface area contributed by atoms with Crippen molar-refractivity contribution in [3.63, 3.8) is 0 Å². The fraction of sp³-hybridized carbons (Fsp3) is 0.391. The summed E-state index contributed by atoms with van der Waals surface area (Å²) >= 11 is 0. The van der Waals surface area contributed by atoms with Gasteiger partial charge in [-0.3, -0.25) is 9.36 Å². The first kappa shape index (κ1) is 22.3. The van der Waals surface area contributed by atoms with Crippen LogP contribution in [0.15, 0.2) is 56.6 Å². The van der Waals surface area contributed by atoms with E-state index in [1.54, 1.807) is 11.9 Å². The van der Waals surface area contributed by atoms with E-state index in [0.29, 0.717) is 25.0 Å². The first-order valence-electron chi connectivity index (χ1n) is 10.6. The molecule has 0 radical (unpaired) electrons. The number of carbonyl (C=O) groups is 1. The number of benzene rings is 2. The number of aromatic nitrogens is 1. The first-order valence-corrected chi connectivity index (χ1v) is 12.1. The molecule has 0 fully saturated rings. The highest BCUT2D eigenvalue weighted by Gasteiger charge is 2.31. The van der Waals surface area contributed by atoms with Crippen LogP contribution in [0.4, 0.5) is 0 Å². The second kappa shape index (κ2) is 8.55. The van der Waals surface area contributed by atoms with Gasteiger partial charge in [0.05, 0.1) is 10.4 Å². The van der Waals surface area contributed by atoms with Crippen molar-refractivity contribution in [2.45, 2.75) is 44.2 Å². The summed E-state index contributed by atoms with van der Waals surface area (Å²) in [5.41, 5.74) is 2.98. The van der Waals surface area contributed by atoms with Crippen LogP contribution in [0.5, 0.6) is 0 Å². The van der Waals surface area contributed by atoms with Gasteiger partial charge >= 0.3 is 5.76 Å². The molecule has 0 unspecified atom stereocenters. The minimum Gasteiger partial charge on any atom is -0.408 e. The molecule has 1 aromatic heterocycles. The van der Waals surface area contributed by atoms with Crippen LogP contribution in [0.2, 0.25) is 0 Å². The molecule has 9 heteroatoms. The monoisotopic (exact) mass is 457 g/mol. The molecule has 32 heavy (non-hydrogen) atoms. The lowest BCUT2D eigenvalue weighted by Gasteiger charge is -2.32. The Bertz CT molecular complexity index is 1320. The van der Waals surface area contributed by atoms with Crippen molar-refractivity contribution in [1.29, 1.82) is 0 Å². The molecule has 2 aromatic carbocycles. The second-order valence-electron chi connectivity index (χ2n) is 8.64. The van der Waals surface area contributed by atoms with Gasteiger partial charge in [-0.05, 0) is 42.0 Å². The van der Waals surface area contributed by atoms with Gasteiger partial charge in [-0.15, -0.1) is 0 Å². The van der Waals surface area contributed by atoms with Gasteiger partial charge in [-0.1, -0.05) is 38.1 Å². The molecule has 1 atom stereocenters. The van der Waals surface area contributed by atoms with Gasteiger partial charge in [-0.25, -0.2) is 13.2 Å². The normalized spacial score (nSPS) is 15.2. The first-order chi connectivity index (χ1) is 15.2. The van der Waals surface area contributed by atoms with Crippen molar-refractivity contribution < 1.29 is 17.6 Å². The molecule has 3 aromatic rings. The van der Waals surface area contributed by atoms with Crippen LogP contribution < -0.4 is 10.5 Å². The Morgan fingerprint density at radius 1 is 1.16 bits per heavy atom. The molecule has 1 N–H and O–H groups in total. The topological polar surface area (TPSA) is 102 Å². The fourth-order valence-electron chi connectivity index (χ4n) is 4.11. The Hall–Kier alpha value is -2.91. The predicted molar refractivity (Wildman–Crippen MR) is 121 cm³/mol. The molecule has 4 rings (SSSR count). The molecule has 0 saturated heterocycles. The van der Waals surface area contributed by atoms with Crippen LogP contribution in [0.1, 0.15) is 31.4 Å². The van der Waals surface area contributed by atoms with E-state index in [1.807, 2.05) is 32.0 Å². The molecule has 1 aliphatic heterocycles. The van der Waals surface area contributed by atoms with E-state index < -0.39 is 21.8 Å². The van der Waals surface area contributed by atoms with Gasteiger partial charge in [0.25, 0.3) is 0 Å².